The van der Waals surface area contributed by atoms with E-state index in [1.807, 2.05) is 7.11 Å². The predicted molar refractivity (Wildman–Crippen MR) is 133 cm³/mol. The molecule has 3 atom stereocenters. The Bertz CT molecular complexity index is 666. The van der Waals surface area contributed by atoms with Gasteiger partial charge in [0, 0.05) is 20.3 Å². The first-order chi connectivity index (χ1) is 14.6. The van der Waals surface area contributed by atoms with Crippen LogP contribution in [0.25, 0.3) is 0 Å². The third-order valence-corrected chi connectivity index (χ3v) is 7.50. The Labute approximate surface area is 192 Å². The molecule has 3 nitrogen and oxygen atoms in total. The quantitative estimate of drug-likeness (QED) is 0.581. The molecule has 3 heteroatoms. The van der Waals surface area contributed by atoms with E-state index in [1.54, 1.807) is 16.7 Å². The minimum Gasteiger partial charge on any atom is -0.400 e. The monoisotopic (exact) mass is 431 g/mol. The molecule has 0 aliphatic heterocycles. The fourth-order valence-electron chi connectivity index (χ4n) is 6.44. The van der Waals surface area contributed by atoms with Gasteiger partial charge in [-0.15, -0.1) is 0 Å². The zero-order chi connectivity index (χ0) is 23.2. The smallest absolute Gasteiger partial charge is 0.0581 e. The second-order valence-corrected chi connectivity index (χ2v) is 11.9. The molecule has 3 N–H and O–H groups in total. The first-order valence-electron chi connectivity index (χ1n) is 12.4. The van der Waals surface area contributed by atoms with Crippen molar-refractivity contribution in [2.24, 2.45) is 22.5 Å². The largest absolute Gasteiger partial charge is 0.400 e. The van der Waals surface area contributed by atoms with Crippen LogP contribution in [-0.4, -0.2) is 31.5 Å². The van der Waals surface area contributed by atoms with Crippen LogP contribution in [0.5, 0.6) is 0 Å². The summed E-state index contributed by atoms with van der Waals surface area (Å²) >= 11 is 0. The van der Waals surface area contributed by atoms with Gasteiger partial charge in [-0.2, -0.15) is 0 Å². The first-order valence-corrected chi connectivity index (χ1v) is 12.4. The number of aliphatic hydroxyl groups is 1. The number of ether oxygens (including phenoxy) is 1. The van der Waals surface area contributed by atoms with Crippen molar-refractivity contribution in [3.8, 4) is 0 Å². The van der Waals surface area contributed by atoms with E-state index in [2.05, 4.69) is 52.8 Å². The third kappa shape index (κ3) is 7.87. The second kappa shape index (κ2) is 11.3. The number of fused-ring (bicyclic) bond motifs is 1. The number of benzene rings is 1. The number of aryl methyl sites for hydroxylation is 1. The van der Waals surface area contributed by atoms with Crippen LogP contribution in [0.1, 0.15) is 102 Å². The molecule has 0 amide bonds. The highest BCUT2D eigenvalue weighted by atomic mass is 16.5. The molecule has 2 saturated carbocycles. The molecule has 0 spiro atoms. The maximum absolute atomic E-state index is 7.00. The van der Waals surface area contributed by atoms with Crippen molar-refractivity contribution in [3.05, 3.63) is 34.9 Å². The van der Waals surface area contributed by atoms with Gasteiger partial charge in [0.1, 0.15) is 0 Å². The Morgan fingerprint density at radius 3 is 2.16 bits per heavy atom. The Balaban J connectivity index is 0.000000216. The Morgan fingerprint density at radius 1 is 0.968 bits per heavy atom. The highest BCUT2D eigenvalue weighted by Gasteiger charge is 2.38. The van der Waals surface area contributed by atoms with E-state index in [0.717, 1.165) is 18.9 Å². The van der Waals surface area contributed by atoms with Crippen LogP contribution < -0.4 is 5.73 Å². The Hall–Kier alpha value is -0.900. The van der Waals surface area contributed by atoms with Crippen molar-refractivity contribution in [1.82, 2.24) is 0 Å². The lowest BCUT2D eigenvalue weighted by Crippen LogP contribution is -2.37. The standard InChI is InChI=1S/C16H23N.C11H22O.CH4O/c1-11-2-3-13-9-14(5-4-12(13)8-11)15-6-7-16(17)10-15;1-10(2)6-9(12-5)7-11(3,4)8-10;1-2/h4-5,9,11,15-16H,2-3,6-8,10,17H2,1H3;9H,6-8H2,1-5H3;2H,1H3/t11-,15?,16?;;/m0../s1. The van der Waals surface area contributed by atoms with Gasteiger partial charge >= 0.3 is 0 Å². The molecule has 1 aromatic carbocycles. The summed E-state index contributed by atoms with van der Waals surface area (Å²) in [6.07, 6.45) is 11.8. The molecule has 2 fully saturated rings. The van der Waals surface area contributed by atoms with Crippen molar-refractivity contribution in [2.45, 2.75) is 110 Å². The summed E-state index contributed by atoms with van der Waals surface area (Å²) in [6.45, 7) is 11.8. The Morgan fingerprint density at radius 2 is 1.61 bits per heavy atom. The lowest BCUT2D eigenvalue weighted by atomic mass is 9.64. The van der Waals surface area contributed by atoms with Crippen LogP contribution in [0, 0.1) is 16.7 Å². The molecule has 0 saturated heterocycles. The number of hydrogen-bond donors (Lipinski definition) is 2. The van der Waals surface area contributed by atoms with E-state index in [1.165, 1.54) is 57.8 Å². The van der Waals surface area contributed by atoms with Gasteiger partial charge < -0.3 is 15.6 Å². The third-order valence-electron chi connectivity index (χ3n) is 7.50. The molecular weight excluding hydrogens is 382 g/mol. The zero-order valence-electron chi connectivity index (χ0n) is 21.3. The number of nitrogens with two attached hydrogens (primary N) is 1. The van der Waals surface area contributed by atoms with E-state index < -0.39 is 0 Å². The topological polar surface area (TPSA) is 55.5 Å². The summed E-state index contributed by atoms with van der Waals surface area (Å²) in [4.78, 5) is 0. The molecule has 0 aromatic heterocycles. The van der Waals surface area contributed by atoms with Crippen LogP contribution >= 0.6 is 0 Å². The van der Waals surface area contributed by atoms with Gasteiger partial charge in [-0.3, -0.25) is 0 Å². The Kier molecular flexibility index (Phi) is 9.60. The van der Waals surface area contributed by atoms with Gasteiger partial charge in [0.2, 0.25) is 0 Å². The number of rotatable bonds is 2. The van der Waals surface area contributed by atoms with Crippen molar-refractivity contribution in [3.63, 3.8) is 0 Å². The fourth-order valence-corrected chi connectivity index (χ4v) is 6.44. The first kappa shape index (κ1) is 26.4. The molecule has 0 radical (unpaired) electrons. The fraction of sp³-hybridized carbons (Fsp3) is 0.786. The van der Waals surface area contributed by atoms with Gasteiger partial charge in [-0.05, 0) is 97.1 Å². The van der Waals surface area contributed by atoms with Crippen molar-refractivity contribution in [2.75, 3.05) is 14.2 Å². The van der Waals surface area contributed by atoms with E-state index >= 15 is 0 Å². The van der Waals surface area contributed by atoms with E-state index in [9.17, 15) is 0 Å². The molecule has 178 valence electrons. The second-order valence-electron chi connectivity index (χ2n) is 11.9. The summed E-state index contributed by atoms with van der Waals surface area (Å²) in [5.41, 5.74) is 11.7. The zero-order valence-corrected chi connectivity index (χ0v) is 21.3. The SMILES string of the molecule is CO.COC1CC(C)(C)CC(C)(C)C1.C[C@H]1CCc2cc(C3CCC(N)C3)ccc2C1. The number of hydrogen-bond acceptors (Lipinski definition) is 3. The lowest BCUT2D eigenvalue weighted by molar-refractivity contribution is -0.0267. The van der Waals surface area contributed by atoms with Crippen LogP contribution in [0.3, 0.4) is 0 Å². The molecule has 31 heavy (non-hydrogen) atoms. The highest BCUT2D eigenvalue weighted by Crippen LogP contribution is 2.46. The number of aliphatic hydroxyl groups excluding tert-OH is 1. The van der Waals surface area contributed by atoms with Crippen LogP contribution in [-0.2, 0) is 17.6 Å². The molecule has 1 aromatic rings. The van der Waals surface area contributed by atoms with Crippen LogP contribution in [0.2, 0.25) is 0 Å². The summed E-state index contributed by atoms with van der Waals surface area (Å²) in [7, 11) is 2.84. The summed E-state index contributed by atoms with van der Waals surface area (Å²) in [5.74, 6) is 1.60. The van der Waals surface area contributed by atoms with Crippen molar-refractivity contribution in [1.29, 1.82) is 0 Å². The van der Waals surface area contributed by atoms with Gasteiger partial charge in [-0.25, -0.2) is 0 Å². The van der Waals surface area contributed by atoms with E-state index in [4.69, 9.17) is 15.6 Å². The average molecular weight is 432 g/mol. The van der Waals surface area contributed by atoms with Crippen LogP contribution in [0.15, 0.2) is 18.2 Å². The van der Waals surface area contributed by atoms with E-state index in [0.29, 0.717) is 23.0 Å². The summed E-state index contributed by atoms with van der Waals surface area (Å²) in [6, 6.07) is 7.66. The summed E-state index contributed by atoms with van der Waals surface area (Å²) in [5, 5.41) is 7.00. The molecule has 3 aliphatic rings. The van der Waals surface area contributed by atoms with Gasteiger partial charge in [-0.1, -0.05) is 52.8 Å². The lowest BCUT2D eigenvalue weighted by Gasteiger charge is -2.44. The predicted octanol–water partition coefficient (Wildman–Crippen LogP) is 6.25. The minimum atomic E-state index is 0.441. The number of methoxy groups -OCH3 is 1. The van der Waals surface area contributed by atoms with Crippen molar-refractivity contribution >= 4 is 0 Å². The normalized spacial score (nSPS) is 29.1. The highest BCUT2D eigenvalue weighted by molar-refractivity contribution is 5.36. The molecular formula is C28H49NO2. The average Bonchev–Trinajstić information content (AvgIpc) is 3.13. The molecule has 0 heterocycles. The van der Waals surface area contributed by atoms with Gasteiger partial charge in [0.15, 0.2) is 0 Å². The molecule has 4 rings (SSSR count). The molecule has 0 bridgehead atoms. The van der Waals surface area contributed by atoms with Gasteiger partial charge in [0.05, 0.1) is 6.10 Å². The van der Waals surface area contributed by atoms with Crippen LogP contribution in [0.4, 0.5) is 0 Å². The van der Waals surface area contributed by atoms with Gasteiger partial charge in [0.25, 0.3) is 0 Å². The molecule has 3 aliphatic carbocycles. The summed E-state index contributed by atoms with van der Waals surface area (Å²) < 4.78 is 5.46. The van der Waals surface area contributed by atoms with E-state index in [-0.39, 0.29) is 0 Å². The van der Waals surface area contributed by atoms with Crippen molar-refractivity contribution < 1.29 is 9.84 Å². The minimum absolute atomic E-state index is 0.441. The maximum atomic E-state index is 7.00. The maximum Gasteiger partial charge on any atom is 0.0581 e. The molecule has 2 unspecified atom stereocenters.